The van der Waals surface area contributed by atoms with Crippen molar-refractivity contribution in [2.45, 2.75) is 12.8 Å². The second kappa shape index (κ2) is 8.37. The Labute approximate surface area is 174 Å². The lowest BCUT2D eigenvalue weighted by Gasteiger charge is -2.31. The predicted octanol–water partition coefficient (Wildman–Crippen LogP) is 3.43. The molecule has 0 aliphatic carbocycles. The Morgan fingerprint density at radius 1 is 0.867 bits per heavy atom. The maximum absolute atomic E-state index is 13.1. The summed E-state index contributed by atoms with van der Waals surface area (Å²) in [6, 6.07) is 20.1. The van der Waals surface area contributed by atoms with Gasteiger partial charge in [-0.05, 0) is 53.9 Å². The Morgan fingerprint density at radius 2 is 1.53 bits per heavy atom. The van der Waals surface area contributed by atoms with Crippen molar-refractivity contribution in [2.75, 3.05) is 18.4 Å². The van der Waals surface area contributed by atoms with E-state index in [1.165, 1.54) is 0 Å². The summed E-state index contributed by atoms with van der Waals surface area (Å²) >= 11 is 0. The molecule has 0 bridgehead atoms. The summed E-state index contributed by atoms with van der Waals surface area (Å²) < 4.78 is 0. The third-order valence-corrected chi connectivity index (χ3v) is 5.61. The summed E-state index contributed by atoms with van der Waals surface area (Å²) in [7, 11) is 0. The molecular weight excluding hydrogens is 378 g/mol. The van der Waals surface area contributed by atoms with Crippen LogP contribution in [0.5, 0.6) is 0 Å². The number of anilines is 1. The number of fused-ring (bicyclic) bond motifs is 1. The maximum Gasteiger partial charge on any atom is 0.254 e. The Morgan fingerprint density at radius 3 is 2.23 bits per heavy atom. The van der Waals surface area contributed by atoms with Gasteiger partial charge in [0.2, 0.25) is 11.8 Å². The number of piperidine rings is 1. The van der Waals surface area contributed by atoms with E-state index in [0.29, 0.717) is 42.7 Å². The number of benzene rings is 3. The average molecular weight is 401 g/mol. The molecule has 1 heterocycles. The Kier molecular flexibility index (Phi) is 5.48. The van der Waals surface area contributed by atoms with Crippen molar-refractivity contribution in [3.63, 3.8) is 0 Å². The molecule has 0 aromatic heterocycles. The number of nitrogens with two attached hydrogens (primary N) is 1. The van der Waals surface area contributed by atoms with Gasteiger partial charge < -0.3 is 16.0 Å². The molecule has 3 aromatic rings. The molecule has 0 atom stereocenters. The fourth-order valence-electron chi connectivity index (χ4n) is 3.89. The first kappa shape index (κ1) is 19.6. The minimum Gasteiger partial charge on any atom is -0.366 e. The van der Waals surface area contributed by atoms with Gasteiger partial charge in [0.05, 0.1) is 0 Å². The summed E-state index contributed by atoms with van der Waals surface area (Å²) in [5, 5.41) is 4.87. The molecule has 3 N–H and O–H groups in total. The van der Waals surface area contributed by atoms with Gasteiger partial charge in [-0.1, -0.05) is 36.4 Å². The van der Waals surface area contributed by atoms with Crippen LogP contribution in [0, 0.1) is 5.92 Å². The first-order valence-electron chi connectivity index (χ1n) is 10.0. The highest BCUT2D eigenvalue weighted by Crippen LogP contribution is 2.24. The van der Waals surface area contributed by atoms with Gasteiger partial charge in [0.25, 0.3) is 5.91 Å². The smallest absolute Gasteiger partial charge is 0.254 e. The lowest BCUT2D eigenvalue weighted by atomic mass is 9.94. The number of carbonyl (C=O) groups excluding carboxylic acids is 3. The first-order valence-corrected chi connectivity index (χ1v) is 10.0. The number of primary amides is 1. The third kappa shape index (κ3) is 4.03. The van der Waals surface area contributed by atoms with Crippen molar-refractivity contribution in [2.24, 2.45) is 11.7 Å². The number of carbonyl (C=O) groups is 3. The molecule has 0 radical (unpaired) electrons. The van der Waals surface area contributed by atoms with E-state index < -0.39 is 5.91 Å². The van der Waals surface area contributed by atoms with Gasteiger partial charge in [-0.2, -0.15) is 0 Å². The molecule has 6 nitrogen and oxygen atoms in total. The van der Waals surface area contributed by atoms with Crippen LogP contribution in [0.2, 0.25) is 0 Å². The number of nitrogens with zero attached hydrogens (tertiary/aromatic N) is 1. The number of rotatable bonds is 4. The zero-order valence-corrected chi connectivity index (χ0v) is 16.5. The van der Waals surface area contributed by atoms with Gasteiger partial charge in [-0.25, -0.2) is 0 Å². The van der Waals surface area contributed by atoms with E-state index in [-0.39, 0.29) is 17.7 Å². The van der Waals surface area contributed by atoms with Gasteiger partial charge >= 0.3 is 0 Å². The number of hydrogen-bond acceptors (Lipinski definition) is 3. The number of nitrogens with one attached hydrogen (secondary N) is 1. The monoisotopic (exact) mass is 401 g/mol. The van der Waals surface area contributed by atoms with E-state index in [0.717, 1.165) is 10.8 Å². The zero-order chi connectivity index (χ0) is 21.1. The van der Waals surface area contributed by atoms with Crippen molar-refractivity contribution >= 4 is 34.2 Å². The molecule has 0 unspecified atom stereocenters. The first-order chi connectivity index (χ1) is 14.5. The van der Waals surface area contributed by atoms with Gasteiger partial charge in [0.1, 0.15) is 0 Å². The molecule has 0 saturated carbocycles. The van der Waals surface area contributed by atoms with Crippen LogP contribution < -0.4 is 11.1 Å². The molecule has 3 amide bonds. The van der Waals surface area contributed by atoms with Crippen LogP contribution in [0.15, 0.2) is 66.7 Å². The molecule has 4 rings (SSSR count). The van der Waals surface area contributed by atoms with Crippen molar-refractivity contribution in [3.8, 4) is 0 Å². The topological polar surface area (TPSA) is 92.5 Å². The zero-order valence-electron chi connectivity index (χ0n) is 16.5. The van der Waals surface area contributed by atoms with E-state index in [9.17, 15) is 14.4 Å². The summed E-state index contributed by atoms with van der Waals surface area (Å²) in [5.74, 6) is -0.722. The fraction of sp³-hybridized carbons (Fsp3) is 0.208. The maximum atomic E-state index is 13.1. The van der Waals surface area contributed by atoms with Crippen LogP contribution in [0.25, 0.3) is 10.8 Å². The highest BCUT2D eigenvalue weighted by Gasteiger charge is 2.28. The Balaban J connectivity index is 1.38. The molecular formula is C24H23N3O3. The highest BCUT2D eigenvalue weighted by atomic mass is 16.2. The summed E-state index contributed by atoms with van der Waals surface area (Å²) in [4.78, 5) is 38.6. The normalized spacial score (nSPS) is 14.5. The van der Waals surface area contributed by atoms with Crippen molar-refractivity contribution in [3.05, 3.63) is 77.9 Å². The lowest BCUT2D eigenvalue weighted by Crippen LogP contribution is -2.41. The minimum absolute atomic E-state index is 0.00713. The van der Waals surface area contributed by atoms with E-state index in [1.54, 1.807) is 24.3 Å². The molecule has 1 aliphatic rings. The SMILES string of the molecule is NC(=O)c1ccc(NC(=O)C2CCN(C(=O)c3cccc4ccccc34)CC2)cc1. The van der Waals surface area contributed by atoms with Crippen LogP contribution in [0.3, 0.4) is 0 Å². The lowest BCUT2D eigenvalue weighted by molar-refractivity contribution is -0.121. The molecule has 6 heteroatoms. The molecule has 30 heavy (non-hydrogen) atoms. The quantitative estimate of drug-likeness (QED) is 0.701. The van der Waals surface area contributed by atoms with Crippen LogP contribution in [-0.2, 0) is 4.79 Å². The van der Waals surface area contributed by atoms with Crippen molar-refractivity contribution < 1.29 is 14.4 Å². The average Bonchev–Trinajstić information content (AvgIpc) is 2.78. The molecule has 0 spiro atoms. The molecule has 1 aliphatic heterocycles. The Bertz CT molecular complexity index is 1090. The summed E-state index contributed by atoms with van der Waals surface area (Å²) in [6.45, 7) is 1.08. The largest absolute Gasteiger partial charge is 0.366 e. The van der Waals surface area contributed by atoms with Crippen LogP contribution in [0.1, 0.15) is 33.6 Å². The molecule has 1 saturated heterocycles. The van der Waals surface area contributed by atoms with Crippen molar-refractivity contribution in [1.82, 2.24) is 4.90 Å². The van der Waals surface area contributed by atoms with Crippen LogP contribution in [-0.4, -0.2) is 35.7 Å². The fourth-order valence-corrected chi connectivity index (χ4v) is 3.89. The highest BCUT2D eigenvalue weighted by molar-refractivity contribution is 6.07. The van der Waals surface area contributed by atoms with Crippen LogP contribution in [0.4, 0.5) is 5.69 Å². The summed E-state index contributed by atoms with van der Waals surface area (Å²) in [6.07, 6.45) is 1.23. The van der Waals surface area contributed by atoms with E-state index in [1.807, 2.05) is 47.4 Å². The number of likely N-dealkylation sites (tertiary alicyclic amines) is 1. The predicted molar refractivity (Wildman–Crippen MR) is 116 cm³/mol. The van der Waals surface area contributed by atoms with E-state index in [2.05, 4.69) is 5.32 Å². The third-order valence-electron chi connectivity index (χ3n) is 5.61. The van der Waals surface area contributed by atoms with Gasteiger partial charge in [-0.3, -0.25) is 14.4 Å². The van der Waals surface area contributed by atoms with Gasteiger partial charge in [0, 0.05) is 35.8 Å². The minimum atomic E-state index is -0.504. The molecule has 3 aromatic carbocycles. The second-order valence-electron chi connectivity index (χ2n) is 7.52. The number of amides is 3. The number of hydrogen-bond donors (Lipinski definition) is 2. The van der Waals surface area contributed by atoms with Crippen LogP contribution >= 0.6 is 0 Å². The van der Waals surface area contributed by atoms with E-state index in [4.69, 9.17) is 5.73 Å². The van der Waals surface area contributed by atoms with E-state index >= 15 is 0 Å². The Hall–Kier alpha value is -3.67. The van der Waals surface area contributed by atoms with Gasteiger partial charge in [0.15, 0.2) is 0 Å². The summed E-state index contributed by atoms with van der Waals surface area (Å²) in [5.41, 5.74) is 6.95. The molecule has 1 fully saturated rings. The molecule has 152 valence electrons. The standard InChI is InChI=1S/C24H23N3O3/c25-22(28)17-8-10-19(11-9-17)26-23(29)18-12-14-27(15-13-18)24(30)21-7-3-5-16-4-1-2-6-20(16)21/h1-11,18H,12-15H2,(H2,25,28)(H,26,29). The second-order valence-corrected chi connectivity index (χ2v) is 7.52. The van der Waals surface area contributed by atoms with Gasteiger partial charge in [-0.15, -0.1) is 0 Å². The van der Waals surface area contributed by atoms with Crippen molar-refractivity contribution in [1.29, 1.82) is 0 Å².